The first-order valence-electron chi connectivity index (χ1n) is 9.56. The normalized spacial score (nSPS) is 20.2. The Morgan fingerprint density at radius 2 is 1.90 bits per heavy atom. The van der Waals surface area contributed by atoms with Crippen molar-refractivity contribution in [3.8, 4) is 11.4 Å². The van der Waals surface area contributed by atoms with Crippen molar-refractivity contribution in [2.75, 3.05) is 18.0 Å². The highest BCUT2D eigenvalue weighted by Crippen LogP contribution is 2.36. The topological polar surface area (TPSA) is 101 Å². The first kappa shape index (κ1) is 17.5. The van der Waals surface area contributed by atoms with Crippen LogP contribution in [0.15, 0.2) is 53.6 Å². The van der Waals surface area contributed by atoms with E-state index < -0.39 is 5.97 Å². The van der Waals surface area contributed by atoms with Crippen LogP contribution in [0.1, 0.15) is 28.4 Å². The van der Waals surface area contributed by atoms with Gasteiger partial charge in [0, 0.05) is 49.7 Å². The molecule has 8 heteroatoms. The number of nitrogens with zero attached hydrogens (tertiary/aromatic N) is 5. The van der Waals surface area contributed by atoms with Crippen LogP contribution in [0, 0.1) is 5.92 Å². The van der Waals surface area contributed by atoms with E-state index in [4.69, 9.17) is 0 Å². The van der Waals surface area contributed by atoms with Gasteiger partial charge in [0.25, 0.3) is 5.56 Å². The Morgan fingerprint density at radius 3 is 2.76 bits per heavy atom. The van der Waals surface area contributed by atoms with E-state index in [0.717, 1.165) is 25.2 Å². The van der Waals surface area contributed by atoms with E-state index in [1.807, 2.05) is 16.7 Å². The summed E-state index contributed by atoms with van der Waals surface area (Å²) in [5.41, 5.74) is 2.40. The maximum atomic E-state index is 12.2. The van der Waals surface area contributed by atoms with Crippen LogP contribution < -0.4 is 10.5 Å². The summed E-state index contributed by atoms with van der Waals surface area (Å²) in [6.45, 7) is 2.24. The molecule has 5 heterocycles. The smallest absolute Gasteiger partial charge is 0.335 e. The molecule has 29 heavy (non-hydrogen) atoms. The van der Waals surface area contributed by atoms with E-state index in [0.29, 0.717) is 29.8 Å². The minimum atomic E-state index is -0.999. The average molecular weight is 389 g/mol. The van der Waals surface area contributed by atoms with Gasteiger partial charge in [-0.2, -0.15) is 0 Å². The zero-order valence-corrected chi connectivity index (χ0v) is 15.6. The highest BCUT2D eigenvalue weighted by Gasteiger charge is 2.35. The molecule has 0 radical (unpaired) electrons. The van der Waals surface area contributed by atoms with E-state index in [9.17, 15) is 14.7 Å². The minimum absolute atomic E-state index is 0.0632. The Labute approximate surface area is 166 Å². The fraction of sp³-hybridized carbons (Fsp3) is 0.286. The number of carbonyl (C=O) groups is 1. The third-order valence-electron chi connectivity index (χ3n) is 5.67. The first-order valence-corrected chi connectivity index (χ1v) is 9.56. The molecule has 1 fully saturated rings. The molecule has 3 aromatic heterocycles. The number of carboxylic acids is 1. The minimum Gasteiger partial charge on any atom is -0.478 e. The number of pyridine rings is 2. The van der Waals surface area contributed by atoms with Crippen molar-refractivity contribution >= 4 is 11.9 Å². The van der Waals surface area contributed by atoms with Crippen LogP contribution in [-0.4, -0.2) is 43.7 Å². The summed E-state index contributed by atoms with van der Waals surface area (Å²) in [5.74, 6) is 0.228. The standard InChI is InChI=1S/C21H19N5O3/c27-19-3-1-2-18-15-8-13(11-26(18)19)10-25(12-15)21-23-7-5-16(24-21)17-9-14(20(28)29)4-6-22-17/h1-7,9,13,15H,8,10-12H2,(H,28,29)/t13-,15-/m0/s1. The van der Waals surface area contributed by atoms with Gasteiger partial charge in [-0.25, -0.2) is 14.8 Å². The molecule has 1 N–H and O–H groups in total. The molecule has 5 rings (SSSR count). The lowest BCUT2D eigenvalue weighted by atomic mass is 9.83. The van der Waals surface area contributed by atoms with E-state index >= 15 is 0 Å². The Kier molecular flexibility index (Phi) is 4.12. The van der Waals surface area contributed by atoms with Gasteiger partial charge >= 0.3 is 5.97 Å². The zero-order valence-electron chi connectivity index (χ0n) is 15.6. The second kappa shape index (κ2) is 6.80. The van der Waals surface area contributed by atoms with Gasteiger partial charge in [-0.1, -0.05) is 6.07 Å². The number of anilines is 1. The Hall–Kier alpha value is -3.55. The molecule has 8 nitrogen and oxygen atoms in total. The van der Waals surface area contributed by atoms with Gasteiger partial charge in [-0.05, 0) is 36.6 Å². The van der Waals surface area contributed by atoms with Crippen molar-refractivity contribution in [1.82, 2.24) is 19.5 Å². The van der Waals surface area contributed by atoms with Crippen LogP contribution in [0.2, 0.25) is 0 Å². The van der Waals surface area contributed by atoms with Gasteiger partial charge in [0.05, 0.1) is 17.0 Å². The van der Waals surface area contributed by atoms with Crippen molar-refractivity contribution in [2.45, 2.75) is 18.9 Å². The number of aromatic nitrogens is 4. The van der Waals surface area contributed by atoms with Gasteiger partial charge in [0.15, 0.2) is 0 Å². The van der Waals surface area contributed by atoms with Crippen LogP contribution in [0.25, 0.3) is 11.4 Å². The maximum Gasteiger partial charge on any atom is 0.335 e. The molecular formula is C21H19N5O3. The summed E-state index contributed by atoms with van der Waals surface area (Å²) in [6.07, 6.45) is 4.21. The van der Waals surface area contributed by atoms with Gasteiger partial charge in [0.1, 0.15) is 0 Å². The SMILES string of the molecule is O=C(O)c1ccnc(-c2ccnc(N3C[C@@H]4C[C@@H](C3)c3cccc(=O)n3C4)n2)c1. The third kappa shape index (κ3) is 3.16. The van der Waals surface area contributed by atoms with E-state index in [-0.39, 0.29) is 17.0 Å². The van der Waals surface area contributed by atoms with Crippen LogP contribution in [0.5, 0.6) is 0 Å². The van der Waals surface area contributed by atoms with Crippen molar-refractivity contribution < 1.29 is 9.90 Å². The maximum absolute atomic E-state index is 12.2. The number of rotatable bonds is 3. The van der Waals surface area contributed by atoms with Crippen molar-refractivity contribution in [2.24, 2.45) is 5.92 Å². The molecule has 0 spiro atoms. The number of hydrogen-bond acceptors (Lipinski definition) is 6. The Morgan fingerprint density at radius 1 is 1.03 bits per heavy atom. The van der Waals surface area contributed by atoms with Gasteiger partial charge < -0.3 is 14.6 Å². The number of fused-ring (bicyclic) bond motifs is 4. The van der Waals surface area contributed by atoms with E-state index in [1.165, 1.54) is 18.3 Å². The van der Waals surface area contributed by atoms with Crippen LogP contribution >= 0.6 is 0 Å². The Bertz CT molecular complexity index is 1160. The largest absolute Gasteiger partial charge is 0.478 e. The van der Waals surface area contributed by atoms with Crippen LogP contribution in [0.4, 0.5) is 5.95 Å². The molecule has 2 bridgehead atoms. The fourth-order valence-electron chi connectivity index (χ4n) is 4.41. The predicted molar refractivity (Wildman–Crippen MR) is 106 cm³/mol. The van der Waals surface area contributed by atoms with Gasteiger partial charge in [0.2, 0.25) is 5.95 Å². The van der Waals surface area contributed by atoms with Crippen LogP contribution in [0.3, 0.4) is 0 Å². The lowest BCUT2D eigenvalue weighted by Crippen LogP contribution is -2.47. The van der Waals surface area contributed by atoms with Gasteiger partial charge in [-0.15, -0.1) is 0 Å². The third-order valence-corrected chi connectivity index (χ3v) is 5.67. The molecular weight excluding hydrogens is 370 g/mol. The second-order valence-corrected chi connectivity index (χ2v) is 7.58. The van der Waals surface area contributed by atoms with E-state index in [1.54, 1.807) is 18.3 Å². The number of hydrogen-bond donors (Lipinski definition) is 1. The summed E-state index contributed by atoms with van der Waals surface area (Å²) in [4.78, 5) is 39.0. The Balaban J connectivity index is 1.46. The highest BCUT2D eigenvalue weighted by molar-refractivity contribution is 5.88. The summed E-state index contributed by atoms with van der Waals surface area (Å²) >= 11 is 0. The lowest BCUT2D eigenvalue weighted by Gasteiger charge is -2.42. The molecule has 146 valence electrons. The first-order chi connectivity index (χ1) is 14.1. The zero-order chi connectivity index (χ0) is 20.0. The predicted octanol–water partition coefficient (Wildman–Crippen LogP) is 2.02. The number of aromatic carboxylic acids is 1. The molecule has 0 saturated carbocycles. The number of carboxylic acid groups (broad SMARTS) is 1. The lowest BCUT2D eigenvalue weighted by molar-refractivity contribution is 0.0697. The molecule has 0 amide bonds. The summed E-state index contributed by atoms with van der Waals surface area (Å²) < 4.78 is 1.90. The molecule has 1 saturated heterocycles. The molecule has 2 atom stereocenters. The average Bonchev–Trinajstić information content (AvgIpc) is 2.74. The molecule has 3 aromatic rings. The molecule has 0 aliphatic carbocycles. The number of piperidine rings is 1. The monoisotopic (exact) mass is 389 g/mol. The molecule has 2 aliphatic rings. The molecule has 0 aromatic carbocycles. The summed E-state index contributed by atoms with van der Waals surface area (Å²) in [7, 11) is 0. The van der Waals surface area contributed by atoms with Gasteiger partial charge in [-0.3, -0.25) is 9.78 Å². The highest BCUT2D eigenvalue weighted by atomic mass is 16.4. The fourth-order valence-corrected chi connectivity index (χ4v) is 4.41. The quantitative estimate of drug-likeness (QED) is 0.731. The molecule has 0 unspecified atom stereocenters. The summed E-state index contributed by atoms with van der Waals surface area (Å²) in [6, 6.07) is 10.2. The molecule has 2 aliphatic heterocycles. The van der Waals surface area contributed by atoms with Crippen molar-refractivity contribution in [3.63, 3.8) is 0 Å². The van der Waals surface area contributed by atoms with Crippen LogP contribution in [-0.2, 0) is 6.54 Å². The van der Waals surface area contributed by atoms with Crippen molar-refractivity contribution in [1.29, 1.82) is 0 Å². The summed E-state index contributed by atoms with van der Waals surface area (Å²) in [5, 5.41) is 9.21. The second-order valence-electron chi connectivity index (χ2n) is 7.58. The van der Waals surface area contributed by atoms with E-state index in [2.05, 4.69) is 19.9 Å². The van der Waals surface area contributed by atoms with Crippen molar-refractivity contribution in [3.05, 3.63) is 70.4 Å².